The van der Waals surface area contributed by atoms with Gasteiger partial charge in [0.25, 0.3) is 0 Å². The molecule has 2 heterocycles. The number of rotatable bonds is 20. The lowest BCUT2D eigenvalue weighted by molar-refractivity contribution is -0.172. The van der Waals surface area contributed by atoms with E-state index in [-0.39, 0.29) is 32.3 Å². The first-order valence-corrected chi connectivity index (χ1v) is 25.7. The third-order valence-electron chi connectivity index (χ3n) is 11.9. The Kier molecular flexibility index (Phi) is 23.0. The molecule has 0 bridgehead atoms. The standard InChI is InChI=1S/C33H42FNO7.C26H36FNO7/c1-32(2,3)42-31(38)35(6)27(21-33(4,5)34)29(36)41-28(30(37)40-22-24-10-8-7-9-11-24)20-23-12-14-25(15-13-23)26-16-18-39-19-17-26;1-25(2,3)35-24(32)28(6)20(16-26(4,5)27)23(31)34-21(22(29)30)15-17-7-9-18(10-8-17)19-11-13-33-14-12-19/h7-16,27-28H,17-22H2,1-6H3;7-11,20-21H,12-16H2,1-6H3,(H,29,30)/t27-,28+;20-,21+/m00/s1. The van der Waals surface area contributed by atoms with Gasteiger partial charge in [-0.15, -0.1) is 0 Å². The van der Waals surface area contributed by atoms with Crippen molar-refractivity contribution in [3.63, 3.8) is 0 Å². The van der Waals surface area contributed by atoms with Crippen LogP contribution in [0.4, 0.5) is 18.4 Å². The highest BCUT2D eigenvalue weighted by Crippen LogP contribution is 2.27. The number of hydrogen-bond donors (Lipinski definition) is 1. The summed E-state index contributed by atoms with van der Waals surface area (Å²) < 4.78 is 67.2. The zero-order valence-corrected chi connectivity index (χ0v) is 46.7. The molecule has 422 valence electrons. The second-order valence-electron chi connectivity index (χ2n) is 22.3. The van der Waals surface area contributed by atoms with Crippen molar-refractivity contribution in [3.05, 3.63) is 119 Å². The van der Waals surface area contributed by atoms with E-state index in [4.69, 9.17) is 33.2 Å². The largest absolute Gasteiger partial charge is 0.478 e. The second-order valence-corrected chi connectivity index (χ2v) is 22.3. The number of alkyl halides is 2. The number of aliphatic carboxylic acids is 1. The van der Waals surface area contributed by atoms with Gasteiger partial charge < -0.3 is 38.3 Å². The second kappa shape index (κ2) is 28.1. The minimum Gasteiger partial charge on any atom is -0.478 e. The van der Waals surface area contributed by atoms with Crippen molar-refractivity contribution in [1.82, 2.24) is 9.80 Å². The van der Waals surface area contributed by atoms with Gasteiger partial charge in [-0.3, -0.25) is 9.80 Å². The molecule has 0 unspecified atom stereocenters. The Morgan fingerprint density at radius 2 is 0.948 bits per heavy atom. The van der Waals surface area contributed by atoms with Gasteiger partial charge in [0.15, 0.2) is 0 Å². The van der Waals surface area contributed by atoms with Crippen LogP contribution in [0.2, 0.25) is 0 Å². The minimum atomic E-state index is -1.83. The van der Waals surface area contributed by atoms with E-state index < -0.39 is 82.9 Å². The van der Waals surface area contributed by atoms with Crippen LogP contribution >= 0.6 is 0 Å². The fourth-order valence-electron chi connectivity index (χ4n) is 7.93. The van der Waals surface area contributed by atoms with Gasteiger partial charge in [-0.1, -0.05) is 91.0 Å². The van der Waals surface area contributed by atoms with Gasteiger partial charge in [0, 0.05) is 39.8 Å². The van der Waals surface area contributed by atoms with Crippen molar-refractivity contribution >= 4 is 47.2 Å². The Morgan fingerprint density at radius 3 is 1.30 bits per heavy atom. The first-order chi connectivity index (χ1) is 35.9. The minimum absolute atomic E-state index is 0.0123. The van der Waals surface area contributed by atoms with E-state index in [1.165, 1.54) is 47.4 Å². The van der Waals surface area contributed by atoms with Crippen LogP contribution in [-0.2, 0) is 71.8 Å². The summed E-state index contributed by atoms with van der Waals surface area (Å²) in [5.74, 6) is -4.03. The molecule has 0 spiro atoms. The molecule has 2 aliphatic rings. The summed E-state index contributed by atoms with van der Waals surface area (Å²) in [4.78, 5) is 78.9. The molecule has 2 amide bonds. The maximum absolute atomic E-state index is 14.8. The predicted octanol–water partition coefficient (Wildman–Crippen LogP) is 10.5. The van der Waals surface area contributed by atoms with Gasteiger partial charge in [0.1, 0.15) is 41.2 Å². The number of carboxylic acids is 1. The fraction of sp³-hybridized carbons (Fsp3) is 0.525. The van der Waals surface area contributed by atoms with Gasteiger partial charge in [-0.25, -0.2) is 37.5 Å². The maximum atomic E-state index is 14.8. The molecule has 3 aromatic rings. The zero-order valence-electron chi connectivity index (χ0n) is 46.7. The van der Waals surface area contributed by atoms with Crippen LogP contribution in [-0.4, -0.2) is 138 Å². The smallest absolute Gasteiger partial charge is 0.410 e. The molecule has 0 aromatic heterocycles. The van der Waals surface area contributed by atoms with Crippen LogP contribution in [0.5, 0.6) is 0 Å². The van der Waals surface area contributed by atoms with Crippen LogP contribution in [0.1, 0.15) is 123 Å². The number of benzene rings is 3. The van der Waals surface area contributed by atoms with Gasteiger partial charge in [0.05, 0.1) is 26.4 Å². The molecule has 0 radical (unpaired) electrons. The number of nitrogens with zero attached hydrogens (tertiary/aromatic N) is 2. The molecule has 2 aliphatic heterocycles. The first-order valence-electron chi connectivity index (χ1n) is 25.7. The number of esters is 3. The number of carbonyl (C=O) groups excluding carboxylic acids is 5. The van der Waals surface area contributed by atoms with Crippen molar-refractivity contribution in [2.45, 2.75) is 161 Å². The summed E-state index contributed by atoms with van der Waals surface area (Å²) in [5.41, 5.74) is 1.26. The van der Waals surface area contributed by atoms with E-state index in [2.05, 4.69) is 0 Å². The Bertz CT molecular complexity index is 2500. The molecule has 0 fully saturated rings. The third kappa shape index (κ3) is 22.5. The van der Waals surface area contributed by atoms with E-state index in [0.717, 1.165) is 50.5 Å². The van der Waals surface area contributed by atoms with Crippen molar-refractivity contribution in [3.8, 4) is 0 Å². The Labute approximate surface area is 452 Å². The van der Waals surface area contributed by atoms with Crippen molar-refractivity contribution in [2.24, 2.45) is 0 Å². The molecule has 18 heteroatoms. The van der Waals surface area contributed by atoms with Crippen molar-refractivity contribution in [1.29, 1.82) is 0 Å². The Hall–Kier alpha value is -6.66. The topological polar surface area (TPSA) is 194 Å². The molecular formula is C59H78F2N2O14. The molecule has 77 heavy (non-hydrogen) atoms. The average Bonchev–Trinajstić information content (AvgIpc) is 3.35. The van der Waals surface area contributed by atoms with E-state index in [9.17, 15) is 42.7 Å². The quantitative estimate of drug-likeness (QED) is 0.0829. The highest BCUT2D eigenvalue weighted by Gasteiger charge is 2.40. The maximum Gasteiger partial charge on any atom is 0.410 e. The van der Waals surface area contributed by atoms with Crippen LogP contribution < -0.4 is 0 Å². The van der Waals surface area contributed by atoms with Crippen molar-refractivity contribution < 1.29 is 75.8 Å². The monoisotopic (exact) mass is 1080 g/mol. The summed E-state index contributed by atoms with van der Waals surface area (Å²) in [6.45, 7) is 17.6. The predicted molar refractivity (Wildman–Crippen MR) is 286 cm³/mol. The summed E-state index contributed by atoms with van der Waals surface area (Å²) in [6, 6.07) is 21.4. The van der Waals surface area contributed by atoms with Gasteiger partial charge >= 0.3 is 36.1 Å². The lowest BCUT2D eigenvalue weighted by Gasteiger charge is -2.32. The Morgan fingerprint density at radius 1 is 0.558 bits per heavy atom. The molecule has 1 N–H and O–H groups in total. The average molecular weight is 1080 g/mol. The molecule has 5 rings (SSSR count). The SMILES string of the molecule is CN(C(=O)OC(C)(C)C)[C@@H](CC(C)(C)F)C(=O)O[C@H](Cc1ccc(C2=CCOCC2)cc1)C(=O)O.CN(C(=O)OC(C)(C)C)[C@@H](CC(C)(C)F)C(=O)O[C@H](Cc1ccc(C2=CCOCC2)cc1)C(=O)OCc1ccccc1. The highest BCUT2D eigenvalue weighted by atomic mass is 19.1. The summed E-state index contributed by atoms with van der Waals surface area (Å²) >= 11 is 0. The summed E-state index contributed by atoms with van der Waals surface area (Å²) in [5, 5.41) is 9.68. The number of hydrogen-bond acceptors (Lipinski definition) is 13. The lowest BCUT2D eigenvalue weighted by Crippen LogP contribution is -2.49. The zero-order chi connectivity index (χ0) is 57.3. The molecule has 0 saturated carbocycles. The normalized spacial score (nSPS) is 15.6. The highest BCUT2D eigenvalue weighted by molar-refractivity contribution is 5.86. The molecule has 4 atom stereocenters. The van der Waals surface area contributed by atoms with E-state index in [1.807, 2.05) is 78.9 Å². The van der Waals surface area contributed by atoms with Gasteiger partial charge in [0.2, 0.25) is 12.2 Å². The lowest BCUT2D eigenvalue weighted by atomic mass is 9.98. The number of carboxylic acid groups (broad SMARTS) is 1. The number of amides is 2. The van der Waals surface area contributed by atoms with E-state index in [1.54, 1.807) is 53.7 Å². The molecular weight excluding hydrogens is 999 g/mol. The number of ether oxygens (including phenoxy) is 7. The summed E-state index contributed by atoms with van der Waals surface area (Å²) in [7, 11) is 2.64. The van der Waals surface area contributed by atoms with Crippen LogP contribution in [0.15, 0.2) is 91.0 Å². The first kappa shape index (κ1) is 62.9. The van der Waals surface area contributed by atoms with Crippen molar-refractivity contribution in [2.75, 3.05) is 40.5 Å². The number of carbonyl (C=O) groups is 6. The van der Waals surface area contributed by atoms with Crippen LogP contribution in [0.3, 0.4) is 0 Å². The fourth-order valence-corrected chi connectivity index (χ4v) is 7.93. The molecule has 16 nitrogen and oxygen atoms in total. The van der Waals surface area contributed by atoms with E-state index in [0.29, 0.717) is 32.0 Å². The number of halogens is 2. The van der Waals surface area contributed by atoms with E-state index >= 15 is 0 Å². The Balaban J connectivity index is 0.000000338. The molecule has 0 saturated heterocycles. The third-order valence-corrected chi connectivity index (χ3v) is 11.9. The van der Waals surface area contributed by atoms with Crippen LogP contribution in [0.25, 0.3) is 11.1 Å². The van der Waals surface area contributed by atoms with Gasteiger partial charge in [-0.05, 0) is 121 Å². The van der Waals surface area contributed by atoms with Gasteiger partial charge in [-0.2, -0.15) is 0 Å². The number of likely N-dealkylation sites (N-methyl/N-ethyl adjacent to an activating group) is 2. The van der Waals surface area contributed by atoms with Crippen LogP contribution in [0, 0.1) is 0 Å². The molecule has 0 aliphatic carbocycles. The summed E-state index contributed by atoms with van der Waals surface area (Å²) in [6.07, 6.45) is 0.376. The molecule has 3 aromatic carbocycles.